The minimum absolute atomic E-state index is 0.206. The standard InChI is InChI=1S/C22H24N4O/c1-13-19-21(13)26(3)18(27)12-22(2,23-19)15-9-10-17-16(11-15)20(25-24-17)14-7-5-4-6-8-14/h4-11,13,19,21,23H,12H2,1-3H3,(H,24,25)/t13-,19?,21?,22+/m1/s1. The van der Waals surface area contributed by atoms with Crippen LogP contribution in [0.2, 0.25) is 0 Å². The lowest BCUT2D eigenvalue weighted by Gasteiger charge is -2.31. The van der Waals surface area contributed by atoms with Crippen LogP contribution in [0.5, 0.6) is 0 Å². The van der Waals surface area contributed by atoms with E-state index in [9.17, 15) is 4.79 Å². The zero-order valence-corrected chi connectivity index (χ0v) is 15.9. The van der Waals surface area contributed by atoms with Gasteiger partial charge in [0.25, 0.3) is 0 Å². The van der Waals surface area contributed by atoms with E-state index < -0.39 is 0 Å². The minimum Gasteiger partial charge on any atom is -0.341 e. The van der Waals surface area contributed by atoms with Gasteiger partial charge in [-0.1, -0.05) is 43.3 Å². The van der Waals surface area contributed by atoms with Gasteiger partial charge in [0.05, 0.1) is 17.3 Å². The first-order chi connectivity index (χ1) is 13.0. The zero-order valence-electron chi connectivity index (χ0n) is 15.9. The number of carbonyl (C=O) groups excluding carboxylic acids is 1. The molecule has 0 radical (unpaired) electrons. The van der Waals surface area contributed by atoms with Crippen LogP contribution in [0, 0.1) is 5.92 Å². The number of aromatic amines is 1. The number of likely N-dealkylation sites (N-methyl/N-ethyl adjacent to an activating group) is 1. The van der Waals surface area contributed by atoms with Crippen molar-refractivity contribution in [2.75, 3.05) is 7.05 Å². The van der Waals surface area contributed by atoms with E-state index in [1.807, 2.05) is 30.1 Å². The van der Waals surface area contributed by atoms with Gasteiger partial charge in [0.15, 0.2) is 0 Å². The third-order valence-electron chi connectivity index (χ3n) is 6.41. The quantitative estimate of drug-likeness (QED) is 0.737. The fourth-order valence-corrected chi connectivity index (χ4v) is 4.62. The average Bonchev–Trinajstić information content (AvgIpc) is 3.13. The van der Waals surface area contributed by atoms with E-state index in [0.29, 0.717) is 24.4 Å². The SMILES string of the molecule is C[C@@H]1C2N[C@](C)(c3ccc4[nH]nc(-c5ccccc5)c4c3)CC(=O)N(C)C21. The molecule has 2 heterocycles. The van der Waals surface area contributed by atoms with Gasteiger partial charge in [-0.2, -0.15) is 5.10 Å². The highest BCUT2D eigenvalue weighted by atomic mass is 16.2. The maximum absolute atomic E-state index is 12.8. The molecule has 1 saturated heterocycles. The molecule has 1 aliphatic carbocycles. The lowest BCUT2D eigenvalue weighted by atomic mass is 9.87. The number of benzene rings is 2. The van der Waals surface area contributed by atoms with Crippen molar-refractivity contribution in [1.82, 2.24) is 20.4 Å². The van der Waals surface area contributed by atoms with Crippen molar-refractivity contribution in [3.63, 3.8) is 0 Å². The van der Waals surface area contributed by atoms with Crippen LogP contribution in [0.25, 0.3) is 22.2 Å². The summed E-state index contributed by atoms with van der Waals surface area (Å²) in [4.78, 5) is 14.7. The van der Waals surface area contributed by atoms with Crippen molar-refractivity contribution >= 4 is 16.8 Å². The van der Waals surface area contributed by atoms with Crippen LogP contribution in [0.15, 0.2) is 48.5 Å². The zero-order chi connectivity index (χ0) is 18.8. The lowest BCUT2D eigenvalue weighted by Crippen LogP contribution is -2.42. The number of hydrogen-bond acceptors (Lipinski definition) is 3. The van der Waals surface area contributed by atoms with Gasteiger partial charge in [-0.05, 0) is 30.5 Å². The molecule has 1 aromatic heterocycles. The van der Waals surface area contributed by atoms with Crippen LogP contribution in [0.4, 0.5) is 0 Å². The highest BCUT2D eigenvalue weighted by Crippen LogP contribution is 2.43. The van der Waals surface area contributed by atoms with Gasteiger partial charge in [0, 0.05) is 36.0 Å². The number of nitrogens with one attached hydrogen (secondary N) is 2. The van der Waals surface area contributed by atoms with Crippen LogP contribution in [-0.2, 0) is 10.3 Å². The fraction of sp³-hybridized carbons (Fsp3) is 0.364. The molecule has 2 unspecified atom stereocenters. The Morgan fingerprint density at radius 1 is 1.19 bits per heavy atom. The summed E-state index contributed by atoms with van der Waals surface area (Å²) < 4.78 is 0. The summed E-state index contributed by atoms with van der Waals surface area (Å²) in [5.41, 5.74) is 3.80. The highest BCUT2D eigenvalue weighted by molar-refractivity contribution is 5.93. The van der Waals surface area contributed by atoms with Gasteiger partial charge in [0.1, 0.15) is 0 Å². The number of fused-ring (bicyclic) bond motifs is 2. The normalized spacial score (nSPS) is 30.3. The summed E-state index contributed by atoms with van der Waals surface area (Å²) in [7, 11) is 1.93. The number of amides is 1. The number of H-pyrrole nitrogens is 1. The minimum atomic E-state index is -0.380. The first-order valence-corrected chi connectivity index (χ1v) is 9.55. The van der Waals surface area contributed by atoms with Crippen molar-refractivity contribution in [3.05, 3.63) is 54.1 Å². The number of hydrogen-bond donors (Lipinski definition) is 2. The largest absolute Gasteiger partial charge is 0.341 e. The summed E-state index contributed by atoms with van der Waals surface area (Å²) in [6, 6.07) is 17.3. The molecule has 3 aromatic rings. The molecule has 5 nitrogen and oxygen atoms in total. The maximum Gasteiger partial charge on any atom is 0.224 e. The Hall–Kier alpha value is -2.66. The van der Waals surface area contributed by atoms with Crippen molar-refractivity contribution in [3.8, 4) is 11.3 Å². The van der Waals surface area contributed by atoms with E-state index >= 15 is 0 Å². The first kappa shape index (κ1) is 16.5. The number of aromatic nitrogens is 2. The molecule has 2 aromatic carbocycles. The molecule has 1 aliphatic heterocycles. The Kier molecular flexibility index (Phi) is 3.46. The molecule has 138 valence electrons. The van der Waals surface area contributed by atoms with Gasteiger partial charge in [-0.3, -0.25) is 9.89 Å². The van der Waals surface area contributed by atoms with E-state index in [-0.39, 0.29) is 11.4 Å². The fourth-order valence-electron chi connectivity index (χ4n) is 4.62. The van der Waals surface area contributed by atoms with Crippen molar-refractivity contribution in [2.24, 2.45) is 5.92 Å². The molecular weight excluding hydrogens is 336 g/mol. The smallest absolute Gasteiger partial charge is 0.224 e. The van der Waals surface area contributed by atoms with Crippen molar-refractivity contribution < 1.29 is 4.79 Å². The Balaban J connectivity index is 1.59. The van der Waals surface area contributed by atoms with Gasteiger partial charge in [-0.25, -0.2) is 0 Å². The molecule has 4 atom stereocenters. The Labute approximate surface area is 158 Å². The lowest BCUT2D eigenvalue weighted by molar-refractivity contribution is -0.131. The second-order valence-electron chi connectivity index (χ2n) is 8.23. The molecule has 5 rings (SSSR count). The van der Waals surface area contributed by atoms with Crippen LogP contribution >= 0.6 is 0 Å². The third-order valence-corrected chi connectivity index (χ3v) is 6.41. The van der Waals surface area contributed by atoms with Crippen LogP contribution in [0.1, 0.15) is 25.8 Å². The Morgan fingerprint density at radius 2 is 1.96 bits per heavy atom. The molecule has 2 fully saturated rings. The Bertz CT molecular complexity index is 1030. The number of carbonyl (C=O) groups is 1. The highest BCUT2D eigenvalue weighted by Gasteiger charge is 2.56. The van der Waals surface area contributed by atoms with Gasteiger partial charge in [0.2, 0.25) is 5.91 Å². The summed E-state index contributed by atoms with van der Waals surface area (Å²) in [6.45, 7) is 4.36. The van der Waals surface area contributed by atoms with E-state index in [0.717, 1.165) is 27.7 Å². The summed E-state index contributed by atoms with van der Waals surface area (Å²) >= 11 is 0. The maximum atomic E-state index is 12.8. The van der Waals surface area contributed by atoms with E-state index in [1.165, 1.54) is 0 Å². The third kappa shape index (κ3) is 2.49. The molecular formula is C22H24N4O. The summed E-state index contributed by atoms with van der Waals surface area (Å²) in [5.74, 6) is 0.702. The van der Waals surface area contributed by atoms with Crippen LogP contribution in [-0.4, -0.2) is 40.1 Å². The second-order valence-corrected chi connectivity index (χ2v) is 8.23. The summed E-state index contributed by atoms with van der Waals surface area (Å²) in [5, 5.41) is 12.5. The molecule has 5 heteroatoms. The van der Waals surface area contributed by atoms with E-state index in [4.69, 9.17) is 0 Å². The van der Waals surface area contributed by atoms with Gasteiger partial charge < -0.3 is 10.2 Å². The second kappa shape index (κ2) is 5.67. The molecule has 1 amide bonds. The van der Waals surface area contributed by atoms with Crippen LogP contribution in [0.3, 0.4) is 0 Å². The molecule has 0 spiro atoms. The molecule has 2 N–H and O–H groups in total. The van der Waals surface area contributed by atoms with E-state index in [1.54, 1.807) is 0 Å². The van der Waals surface area contributed by atoms with Crippen molar-refractivity contribution in [1.29, 1.82) is 0 Å². The predicted molar refractivity (Wildman–Crippen MR) is 106 cm³/mol. The number of nitrogens with zero attached hydrogens (tertiary/aromatic N) is 2. The molecule has 1 saturated carbocycles. The Morgan fingerprint density at radius 3 is 2.74 bits per heavy atom. The monoisotopic (exact) mass is 360 g/mol. The van der Waals surface area contributed by atoms with Crippen LogP contribution < -0.4 is 5.32 Å². The average molecular weight is 360 g/mol. The topological polar surface area (TPSA) is 61.0 Å². The van der Waals surface area contributed by atoms with Gasteiger partial charge in [-0.15, -0.1) is 0 Å². The predicted octanol–water partition coefficient (Wildman–Crippen LogP) is 3.28. The summed E-state index contributed by atoms with van der Waals surface area (Å²) in [6.07, 6.45) is 0.466. The molecule has 27 heavy (non-hydrogen) atoms. The van der Waals surface area contributed by atoms with Crippen molar-refractivity contribution in [2.45, 2.75) is 37.9 Å². The van der Waals surface area contributed by atoms with E-state index in [2.05, 4.69) is 59.7 Å². The number of rotatable bonds is 2. The molecule has 2 aliphatic rings. The molecule has 0 bridgehead atoms. The van der Waals surface area contributed by atoms with Gasteiger partial charge >= 0.3 is 0 Å². The first-order valence-electron chi connectivity index (χ1n) is 9.55.